The highest BCUT2D eigenvalue weighted by Crippen LogP contribution is 2.35. The standard InChI is InChI=1S/2C12H18Br6.2C2H3N/c2*13-7-1-2-8(14)10(16)5-6-12(18)11(17)4-3-9(7)15;2*1-2-3/h2*7-12H,1-6H2;2*1H3/t2*7-,8-,9+,10+,11-,12-;;/m00../s1. The summed E-state index contributed by atoms with van der Waals surface area (Å²) in [6, 6.07) is 3.50. The Kier molecular flexibility index (Phi) is 35.5. The molecule has 0 radical (unpaired) electrons. The normalized spacial score (nSPS) is 39.0. The van der Waals surface area contributed by atoms with E-state index < -0.39 is 0 Å². The summed E-state index contributed by atoms with van der Waals surface area (Å²) in [4.78, 5) is 6.72. The van der Waals surface area contributed by atoms with Crippen LogP contribution in [0.4, 0.5) is 0 Å². The largest absolute Gasteiger partial charge is 0.199 e. The van der Waals surface area contributed by atoms with Crippen LogP contribution in [0.3, 0.4) is 0 Å². The molecule has 12 atom stereocenters. The summed E-state index contributed by atoms with van der Waals surface area (Å²) in [6.07, 6.45) is 14.5. The first-order valence-electron chi connectivity index (χ1n) is 14.0. The lowest BCUT2D eigenvalue weighted by molar-refractivity contribution is 0.557. The fourth-order valence-electron chi connectivity index (χ4n) is 4.08. The van der Waals surface area contributed by atoms with Gasteiger partial charge in [0.15, 0.2) is 0 Å². The molecule has 2 nitrogen and oxygen atoms in total. The van der Waals surface area contributed by atoms with Gasteiger partial charge in [-0.15, -0.1) is 0 Å². The van der Waals surface area contributed by atoms with Gasteiger partial charge in [0.05, 0.1) is 12.1 Å². The molecule has 0 unspecified atom stereocenters. The first kappa shape index (κ1) is 48.9. The molecule has 248 valence electrons. The molecule has 42 heavy (non-hydrogen) atoms. The van der Waals surface area contributed by atoms with Crippen LogP contribution in [0.1, 0.15) is 90.9 Å². The third-order valence-electron chi connectivity index (χ3n) is 6.66. The molecule has 0 heterocycles. The molecule has 0 aliphatic heterocycles. The number of rotatable bonds is 0. The molecule has 14 heteroatoms. The summed E-state index contributed by atoms with van der Waals surface area (Å²) in [6.45, 7) is 2.86. The number of hydrogen-bond acceptors (Lipinski definition) is 2. The smallest absolute Gasteiger partial charge is 0.0587 e. The van der Waals surface area contributed by atoms with E-state index in [-0.39, 0.29) is 0 Å². The average molecular weight is 1370 g/mol. The van der Waals surface area contributed by atoms with Gasteiger partial charge in [-0.1, -0.05) is 191 Å². The Bertz CT molecular complexity index is 553. The SMILES string of the molecule is Br[C@@H]1CC[C@H](Br)[C@@H](Br)CC[C@@H](Br)[C@@H](Br)CC[C@@H]1Br.Br[C@@H]1CC[C@H](Br)[C@@H](Br)CC[C@@H](Br)[C@@H](Br)CC[C@@H]1Br.CC#N.CC#N. The highest BCUT2D eigenvalue weighted by atomic mass is 79.9. The van der Waals surface area contributed by atoms with Crippen molar-refractivity contribution < 1.29 is 0 Å². The van der Waals surface area contributed by atoms with Crippen LogP contribution in [0.15, 0.2) is 0 Å². The van der Waals surface area contributed by atoms with Gasteiger partial charge in [-0.05, 0) is 77.0 Å². The molecule has 2 fully saturated rings. The van der Waals surface area contributed by atoms with E-state index in [9.17, 15) is 0 Å². The molecule has 2 aliphatic carbocycles. The second-order valence-corrected chi connectivity index (χ2v) is 24.2. The van der Waals surface area contributed by atoms with Gasteiger partial charge in [0, 0.05) is 71.8 Å². The van der Waals surface area contributed by atoms with Gasteiger partial charge >= 0.3 is 0 Å². The van der Waals surface area contributed by atoms with E-state index in [0.29, 0.717) is 57.9 Å². The van der Waals surface area contributed by atoms with Crippen molar-refractivity contribution in [1.29, 1.82) is 10.5 Å². The monoisotopic (exact) mass is 1350 g/mol. The molecule has 2 aliphatic rings. The second kappa shape index (κ2) is 30.6. The second-order valence-electron chi connectivity index (χ2n) is 10.1. The maximum absolute atomic E-state index is 7.32. The molecular weight excluding hydrogens is 1320 g/mol. The van der Waals surface area contributed by atoms with Gasteiger partial charge < -0.3 is 0 Å². The third kappa shape index (κ3) is 24.8. The van der Waals surface area contributed by atoms with Crippen LogP contribution >= 0.6 is 191 Å². The Balaban J connectivity index is 0. The summed E-state index contributed by atoms with van der Waals surface area (Å²) >= 11 is 45.8. The van der Waals surface area contributed by atoms with Gasteiger partial charge in [0.25, 0.3) is 0 Å². The average Bonchev–Trinajstić information content (AvgIpc) is 2.96. The van der Waals surface area contributed by atoms with Crippen molar-refractivity contribution in [2.45, 2.75) is 149 Å². The Labute approximate surface area is 357 Å². The van der Waals surface area contributed by atoms with E-state index in [2.05, 4.69) is 191 Å². The van der Waals surface area contributed by atoms with E-state index in [0.717, 1.165) is 0 Å². The Morgan fingerprint density at radius 1 is 0.286 bits per heavy atom. The Hall–Kier alpha value is 4.74. The van der Waals surface area contributed by atoms with E-state index in [1.807, 2.05) is 0 Å². The highest BCUT2D eigenvalue weighted by Gasteiger charge is 2.27. The molecule has 0 aromatic rings. The minimum atomic E-state index is 0.560. The van der Waals surface area contributed by atoms with Gasteiger partial charge in [0.1, 0.15) is 0 Å². The minimum Gasteiger partial charge on any atom is -0.199 e. The summed E-state index contributed by atoms with van der Waals surface area (Å²) in [5, 5.41) is 14.6. The Morgan fingerprint density at radius 3 is 0.381 bits per heavy atom. The van der Waals surface area contributed by atoms with Crippen LogP contribution < -0.4 is 0 Å². The van der Waals surface area contributed by atoms with E-state index in [1.165, 1.54) is 90.9 Å². The van der Waals surface area contributed by atoms with Gasteiger partial charge in [-0.2, -0.15) is 10.5 Å². The predicted molar refractivity (Wildman–Crippen MR) is 231 cm³/mol. The predicted octanol–water partition coefficient (Wildman–Crippen LogP) is 14.9. The minimum absolute atomic E-state index is 0.560. The molecule has 0 aromatic heterocycles. The van der Waals surface area contributed by atoms with Crippen LogP contribution in [0, 0.1) is 22.7 Å². The van der Waals surface area contributed by atoms with Gasteiger partial charge in [-0.3, -0.25) is 0 Å². The molecule has 2 rings (SSSR count). The molecule has 2 saturated carbocycles. The number of nitrogens with zero attached hydrogens (tertiary/aromatic N) is 2. The van der Waals surface area contributed by atoms with E-state index in [4.69, 9.17) is 10.5 Å². The zero-order valence-electron chi connectivity index (χ0n) is 23.8. The fourth-order valence-corrected chi connectivity index (χ4v) is 10.4. The van der Waals surface area contributed by atoms with E-state index >= 15 is 0 Å². The van der Waals surface area contributed by atoms with Gasteiger partial charge in [0.2, 0.25) is 0 Å². The molecule has 0 bridgehead atoms. The van der Waals surface area contributed by atoms with Gasteiger partial charge in [-0.25, -0.2) is 0 Å². The topological polar surface area (TPSA) is 47.6 Å². The summed E-state index contributed by atoms with van der Waals surface area (Å²) < 4.78 is 0. The summed E-state index contributed by atoms with van der Waals surface area (Å²) in [7, 11) is 0. The van der Waals surface area contributed by atoms with E-state index in [1.54, 1.807) is 12.1 Å². The maximum Gasteiger partial charge on any atom is 0.0587 e. The van der Waals surface area contributed by atoms with Crippen LogP contribution in [0.5, 0.6) is 0 Å². The summed E-state index contributed by atoms with van der Waals surface area (Å²) in [5.41, 5.74) is 0. The first-order valence-corrected chi connectivity index (χ1v) is 25.0. The molecule has 0 aromatic carbocycles. The maximum atomic E-state index is 7.32. The van der Waals surface area contributed by atoms with Crippen LogP contribution in [-0.4, -0.2) is 57.9 Å². The van der Waals surface area contributed by atoms with Crippen molar-refractivity contribution in [2.24, 2.45) is 0 Å². The van der Waals surface area contributed by atoms with Crippen molar-refractivity contribution in [2.75, 3.05) is 0 Å². The number of halogens is 12. The van der Waals surface area contributed by atoms with Crippen molar-refractivity contribution in [3.05, 3.63) is 0 Å². The lowest BCUT2D eigenvalue weighted by atomic mass is 10.0. The third-order valence-corrected chi connectivity index (χ3v) is 24.1. The number of nitriles is 2. The molecular formula is C28H42Br12N2. The molecule has 0 amide bonds. The Morgan fingerprint density at radius 2 is 0.333 bits per heavy atom. The fraction of sp³-hybridized carbons (Fsp3) is 0.929. The van der Waals surface area contributed by atoms with Crippen LogP contribution in [0.25, 0.3) is 0 Å². The number of alkyl halides is 12. The zero-order chi connectivity index (χ0) is 32.8. The lowest BCUT2D eigenvalue weighted by Gasteiger charge is -2.25. The quantitative estimate of drug-likeness (QED) is 0.227. The molecule has 0 spiro atoms. The zero-order valence-corrected chi connectivity index (χ0v) is 42.9. The van der Waals surface area contributed by atoms with Crippen molar-refractivity contribution in [3.63, 3.8) is 0 Å². The van der Waals surface area contributed by atoms with Crippen LogP contribution in [0.2, 0.25) is 0 Å². The highest BCUT2D eigenvalue weighted by molar-refractivity contribution is 9.13. The summed E-state index contributed by atoms with van der Waals surface area (Å²) in [5.74, 6) is 0. The van der Waals surface area contributed by atoms with Crippen molar-refractivity contribution in [1.82, 2.24) is 0 Å². The van der Waals surface area contributed by atoms with Crippen molar-refractivity contribution >= 4 is 191 Å². The molecule has 0 saturated heterocycles. The lowest BCUT2D eigenvalue weighted by Crippen LogP contribution is -2.25. The first-order chi connectivity index (χ1) is 19.7. The van der Waals surface area contributed by atoms with Crippen LogP contribution in [-0.2, 0) is 0 Å². The van der Waals surface area contributed by atoms with Crippen molar-refractivity contribution in [3.8, 4) is 12.1 Å². The molecule has 0 N–H and O–H groups in total. The number of hydrogen-bond donors (Lipinski definition) is 0.